The summed E-state index contributed by atoms with van der Waals surface area (Å²) in [6.07, 6.45) is 6.59. The van der Waals surface area contributed by atoms with Crippen LogP contribution in [-0.4, -0.2) is 6.54 Å². The van der Waals surface area contributed by atoms with Crippen LogP contribution in [0.5, 0.6) is 0 Å². The predicted molar refractivity (Wildman–Crippen MR) is 56.1 cm³/mol. The Bertz CT molecular complexity index is 91.0. The van der Waals surface area contributed by atoms with Crippen molar-refractivity contribution in [3.8, 4) is 0 Å². The fourth-order valence-electron chi connectivity index (χ4n) is 1.61. The number of rotatable bonds is 7. The van der Waals surface area contributed by atoms with Crippen molar-refractivity contribution in [2.24, 2.45) is 17.6 Å². The maximum absolute atomic E-state index is 5.44. The van der Waals surface area contributed by atoms with Gasteiger partial charge in [-0.15, -0.1) is 0 Å². The summed E-state index contributed by atoms with van der Waals surface area (Å²) in [5.74, 6) is 1.80. The summed E-state index contributed by atoms with van der Waals surface area (Å²) in [5, 5.41) is 0. The van der Waals surface area contributed by atoms with Crippen molar-refractivity contribution in [2.45, 2.75) is 52.9 Å². The molecule has 0 aliphatic carbocycles. The van der Waals surface area contributed by atoms with E-state index in [1.807, 2.05) is 0 Å². The summed E-state index contributed by atoms with van der Waals surface area (Å²) >= 11 is 0. The molecule has 0 radical (unpaired) electrons. The lowest BCUT2D eigenvalue weighted by molar-refractivity contribution is 0.377. The highest BCUT2D eigenvalue weighted by molar-refractivity contribution is 4.58. The highest BCUT2D eigenvalue weighted by Gasteiger charge is 2.06. The summed E-state index contributed by atoms with van der Waals surface area (Å²) < 4.78 is 0. The molecule has 2 N–H and O–H groups in total. The van der Waals surface area contributed by atoms with Gasteiger partial charge in [0, 0.05) is 0 Å². The molecule has 0 aliphatic rings. The van der Waals surface area contributed by atoms with Crippen molar-refractivity contribution in [3.05, 3.63) is 0 Å². The summed E-state index contributed by atoms with van der Waals surface area (Å²) in [5.41, 5.74) is 5.44. The molecule has 0 aromatic rings. The van der Waals surface area contributed by atoms with Gasteiger partial charge in [0.05, 0.1) is 0 Å². The molecule has 0 saturated carbocycles. The highest BCUT2D eigenvalue weighted by Crippen LogP contribution is 2.19. The average Bonchev–Trinajstić information content (AvgIpc) is 2.05. The van der Waals surface area contributed by atoms with Gasteiger partial charge in [-0.05, 0) is 31.2 Å². The number of nitrogens with two attached hydrogens (primary N) is 1. The smallest absolute Gasteiger partial charge is 0.00773 e. The first-order valence-corrected chi connectivity index (χ1v) is 5.40. The summed E-state index contributed by atoms with van der Waals surface area (Å²) in [4.78, 5) is 0. The third kappa shape index (κ3) is 6.66. The van der Waals surface area contributed by atoms with Crippen LogP contribution in [0.4, 0.5) is 0 Å². The van der Waals surface area contributed by atoms with Gasteiger partial charge in [-0.1, -0.05) is 40.0 Å². The quantitative estimate of drug-likeness (QED) is 0.585. The molecule has 0 aromatic carbocycles. The normalized spacial score (nSPS) is 16.0. The van der Waals surface area contributed by atoms with E-state index in [4.69, 9.17) is 5.73 Å². The minimum atomic E-state index is 0.857. The van der Waals surface area contributed by atoms with Crippen molar-refractivity contribution >= 4 is 0 Å². The van der Waals surface area contributed by atoms with Gasteiger partial charge in [0.25, 0.3) is 0 Å². The Morgan fingerprint density at radius 2 is 1.75 bits per heavy atom. The van der Waals surface area contributed by atoms with Gasteiger partial charge in [0.2, 0.25) is 0 Å². The summed E-state index contributed by atoms with van der Waals surface area (Å²) in [6, 6.07) is 0. The average molecular weight is 171 g/mol. The Morgan fingerprint density at radius 3 is 2.25 bits per heavy atom. The van der Waals surface area contributed by atoms with Gasteiger partial charge in [-0.2, -0.15) is 0 Å². The van der Waals surface area contributed by atoms with Crippen LogP contribution in [0.1, 0.15) is 52.9 Å². The van der Waals surface area contributed by atoms with Crippen molar-refractivity contribution in [3.63, 3.8) is 0 Å². The van der Waals surface area contributed by atoms with Crippen LogP contribution < -0.4 is 5.73 Å². The lowest BCUT2D eigenvalue weighted by atomic mass is 9.92. The first-order chi connectivity index (χ1) is 5.70. The molecule has 1 nitrogen and oxygen atoms in total. The first kappa shape index (κ1) is 12.0. The molecular weight excluding hydrogens is 146 g/mol. The molecule has 0 amide bonds. The van der Waals surface area contributed by atoms with Gasteiger partial charge in [0.1, 0.15) is 0 Å². The highest BCUT2D eigenvalue weighted by atomic mass is 14.5. The van der Waals surface area contributed by atoms with Crippen molar-refractivity contribution in [2.75, 3.05) is 6.54 Å². The monoisotopic (exact) mass is 171 g/mol. The molecule has 12 heavy (non-hydrogen) atoms. The van der Waals surface area contributed by atoms with Crippen LogP contribution in [0.25, 0.3) is 0 Å². The SMILES string of the molecule is CCC(C)CC(C)CCCCN. The molecule has 2 atom stereocenters. The van der Waals surface area contributed by atoms with E-state index in [-0.39, 0.29) is 0 Å². The zero-order valence-corrected chi connectivity index (χ0v) is 8.97. The van der Waals surface area contributed by atoms with Crippen LogP contribution in [-0.2, 0) is 0 Å². The Hall–Kier alpha value is -0.0400. The van der Waals surface area contributed by atoms with Gasteiger partial charge >= 0.3 is 0 Å². The Morgan fingerprint density at radius 1 is 1.08 bits per heavy atom. The topological polar surface area (TPSA) is 26.0 Å². The van der Waals surface area contributed by atoms with Crippen LogP contribution in [0.15, 0.2) is 0 Å². The lowest BCUT2D eigenvalue weighted by Gasteiger charge is -2.15. The minimum Gasteiger partial charge on any atom is -0.330 e. The van der Waals surface area contributed by atoms with E-state index in [2.05, 4.69) is 20.8 Å². The van der Waals surface area contributed by atoms with E-state index < -0.39 is 0 Å². The second kappa shape index (κ2) is 7.60. The molecule has 0 saturated heterocycles. The zero-order valence-electron chi connectivity index (χ0n) is 8.97. The van der Waals surface area contributed by atoms with E-state index in [1.54, 1.807) is 0 Å². The number of hydrogen-bond acceptors (Lipinski definition) is 1. The second-order valence-electron chi connectivity index (χ2n) is 4.14. The van der Waals surface area contributed by atoms with Gasteiger partial charge in [-0.3, -0.25) is 0 Å². The molecule has 0 aliphatic heterocycles. The standard InChI is InChI=1S/C11H25N/c1-4-10(2)9-11(3)7-5-6-8-12/h10-11H,4-9,12H2,1-3H3. The zero-order chi connectivity index (χ0) is 9.40. The maximum Gasteiger partial charge on any atom is -0.00773 e. The van der Waals surface area contributed by atoms with E-state index in [0.717, 1.165) is 18.4 Å². The molecule has 0 bridgehead atoms. The summed E-state index contributed by atoms with van der Waals surface area (Å²) in [6.45, 7) is 7.84. The molecule has 0 rings (SSSR count). The minimum absolute atomic E-state index is 0.857. The Kier molecular flexibility index (Phi) is 7.58. The van der Waals surface area contributed by atoms with Crippen molar-refractivity contribution < 1.29 is 0 Å². The Labute approximate surface area is 77.7 Å². The third-order valence-electron chi connectivity index (χ3n) is 2.65. The van der Waals surface area contributed by atoms with E-state index in [0.29, 0.717) is 0 Å². The predicted octanol–water partition coefficient (Wildman–Crippen LogP) is 3.19. The van der Waals surface area contributed by atoms with Gasteiger partial charge in [0.15, 0.2) is 0 Å². The molecule has 74 valence electrons. The first-order valence-electron chi connectivity index (χ1n) is 5.40. The van der Waals surface area contributed by atoms with Crippen LogP contribution >= 0.6 is 0 Å². The van der Waals surface area contributed by atoms with Gasteiger partial charge < -0.3 is 5.73 Å². The Balaban J connectivity index is 3.26. The number of unbranched alkanes of at least 4 members (excludes halogenated alkanes) is 1. The van der Waals surface area contributed by atoms with Crippen LogP contribution in [0.3, 0.4) is 0 Å². The van der Waals surface area contributed by atoms with Crippen molar-refractivity contribution in [1.29, 1.82) is 0 Å². The fraction of sp³-hybridized carbons (Fsp3) is 1.00. The van der Waals surface area contributed by atoms with E-state index >= 15 is 0 Å². The lowest BCUT2D eigenvalue weighted by Crippen LogP contribution is -2.04. The molecule has 1 heteroatoms. The third-order valence-corrected chi connectivity index (χ3v) is 2.65. The maximum atomic E-state index is 5.44. The van der Waals surface area contributed by atoms with Crippen molar-refractivity contribution in [1.82, 2.24) is 0 Å². The summed E-state index contributed by atoms with van der Waals surface area (Å²) in [7, 11) is 0. The molecule has 0 spiro atoms. The van der Waals surface area contributed by atoms with Crippen LogP contribution in [0.2, 0.25) is 0 Å². The molecule has 2 unspecified atom stereocenters. The fourth-order valence-corrected chi connectivity index (χ4v) is 1.61. The van der Waals surface area contributed by atoms with Gasteiger partial charge in [-0.25, -0.2) is 0 Å². The number of hydrogen-bond donors (Lipinski definition) is 1. The van der Waals surface area contributed by atoms with Crippen LogP contribution in [0, 0.1) is 11.8 Å². The van der Waals surface area contributed by atoms with E-state index in [9.17, 15) is 0 Å². The molecule has 0 fully saturated rings. The second-order valence-corrected chi connectivity index (χ2v) is 4.14. The largest absolute Gasteiger partial charge is 0.330 e. The van der Waals surface area contributed by atoms with E-state index in [1.165, 1.54) is 32.1 Å². The molecular formula is C11H25N. The molecule has 0 aromatic heterocycles. The molecule has 0 heterocycles.